The van der Waals surface area contributed by atoms with Gasteiger partial charge in [0.25, 0.3) is 0 Å². The number of alkyl halides is 1. The van der Waals surface area contributed by atoms with E-state index in [1.165, 1.54) is 10.8 Å². The van der Waals surface area contributed by atoms with Crippen LogP contribution in [-0.2, 0) is 6.54 Å². The topological polar surface area (TPSA) is 55.1 Å². The Kier molecular flexibility index (Phi) is 3.84. The maximum absolute atomic E-state index is 13.4. The van der Waals surface area contributed by atoms with E-state index in [2.05, 4.69) is 18.3 Å². The molecule has 1 atom stereocenters. The van der Waals surface area contributed by atoms with Gasteiger partial charge in [-0.3, -0.25) is 0 Å². The first-order valence-electron chi connectivity index (χ1n) is 4.40. The highest BCUT2D eigenvalue weighted by atomic mass is 35.5. The lowest BCUT2D eigenvalue weighted by Crippen LogP contribution is -2.01. The molecule has 4 nitrogen and oxygen atoms in total. The molecule has 0 aliphatic rings. The number of carbonyl (C=O) groups is 1. The third-order valence-corrected chi connectivity index (χ3v) is 2.29. The van der Waals surface area contributed by atoms with Crippen LogP contribution in [0, 0.1) is 0 Å². The molecule has 0 aliphatic heterocycles. The van der Waals surface area contributed by atoms with Crippen molar-refractivity contribution in [2.45, 2.75) is 12.7 Å². The van der Waals surface area contributed by atoms with Crippen LogP contribution in [0.3, 0.4) is 0 Å². The summed E-state index contributed by atoms with van der Waals surface area (Å²) in [4.78, 5) is 10.9. The van der Waals surface area contributed by atoms with Crippen LogP contribution in [-0.4, -0.2) is 20.9 Å². The molecule has 0 saturated carbocycles. The second kappa shape index (κ2) is 4.94. The van der Waals surface area contributed by atoms with Crippen LogP contribution < -0.4 is 0 Å². The molecule has 0 spiro atoms. The largest absolute Gasteiger partial charge is 0.478 e. The molecule has 16 heavy (non-hydrogen) atoms. The first kappa shape index (κ1) is 12.4. The fourth-order valence-corrected chi connectivity index (χ4v) is 1.49. The van der Waals surface area contributed by atoms with E-state index in [1.807, 2.05) is 0 Å². The highest BCUT2D eigenvalue weighted by Gasteiger charge is 2.26. The SMILES string of the molecule is C=CCn1nc(C(F)C=C)c(C(=O)O)c1Cl. The molecule has 0 aliphatic carbocycles. The van der Waals surface area contributed by atoms with Gasteiger partial charge >= 0.3 is 5.97 Å². The summed E-state index contributed by atoms with van der Waals surface area (Å²) in [5, 5.41) is 12.6. The van der Waals surface area contributed by atoms with E-state index in [0.29, 0.717) is 0 Å². The van der Waals surface area contributed by atoms with Crippen molar-refractivity contribution in [1.82, 2.24) is 9.78 Å². The molecule has 0 radical (unpaired) electrons. The maximum atomic E-state index is 13.4. The van der Waals surface area contributed by atoms with Crippen molar-refractivity contribution < 1.29 is 14.3 Å². The molecule has 86 valence electrons. The Morgan fingerprint density at radius 3 is 2.75 bits per heavy atom. The summed E-state index contributed by atoms with van der Waals surface area (Å²) in [6, 6.07) is 0. The van der Waals surface area contributed by atoms with Gasteiger partial charge in [0.05, 0.1) is 6.54 Å². The van der Waals surface area contributed by atoms with Crippen LogP contribution in [0.5, 0.6) is 0 Å². The van der Waals surface area contributed by atoms with Crippen molar-refractivity contribution in [3.63, 3.8) is 0 Å². The molecule has 1 aromatic heterocycles. The number of hydrogen-bond donors (Lipinski definition) is 1. The number of aromatic nitrogens is 2. The minimum absolute atomic E-state index is 0.119. The van der Waals surface area contributed by atoms with Crippen LogP contribution >= 0.6 is 11.6 Å². The number of allylic oxidation sites excluding steroid dienone is 2. The molecule has 0 fully saturated rings. The molecular weight excluding hydrogens is 235 g/mol. The first-order valence-corrected chi connectivity index (χ1v) is 4.77. The summed E-state index contributed by atoms with van der Waals surface area (Å²) in [5.41, 5.74) is -0.578. The van der Waals surface area contributed by atoms with Crippen LogP contribution in [0.25, 0.3) is 0 Å². The van der Waals surface area contributed by atoms with Crippen LogP contribution in [0.2, 0.25) is 5.15 Å². The number of hydrogen-bond acceptors (Lipinski definition) is 2. The Balaban J connectivity index is 3.35. The third kappa shape index (κ3) is 2.14. The Hall–Kier alpha value is -1.62. The molecule has 1 N–H and O–H groups in total. The number of carboxylic acid groups (broad SMARTS) is 1. The van der Waals surface area contributed by atoms with Gasteiger partial charge in [0, 0.05) is 0 Å². The fourth-order valence-electron chi connectivity index (χ4n) is 1.20. The standard InChI is InChI=1S/C10H10ClFN2O2/c1-3-5-14-9(11)7(10(15)16)8(13-14)6(12)4-2/h3-4,6H,1-2,5H2,(H,15,16). The maximum Gasteiger partial charge on any atom is 0.340 e. The second-order valence-corrected chi connectivity index (χ2v) is 3.32. The molecule has 0 aromatic carbocycles. The van der Waals surface area contributed by atoms with Crippen molar-refractivity contribution in [3.05, 3.63) is 41.7 Å². The van der Waals surface area contributed by atoms with Crippen molar-refractivity contribution in [2.75, 3.05) is 0 Å². The fraction of sp³-hybridized carbons (Fsp3) is 0.200. The molecule has 1 heterocycles. The minimum Gasteiger partial charge on any atom is -0.478 e. The van der Waals surface area contributed by atoms with E-state index < -0.39 is 12.1 Å². The Morgan fingerprint density at radius 1 is 1.69 bits per heavy atom. The predicted octanol–water partition coefficient (Wildman–Crippen LogP) is 2.62. The van der Waals surface area contributed by atoms with Crippen LogP contribution in [0.1, 0.15) is 22.2 Å². The van der Waals surface area contributed by atoms with Gasteiger partial charge in [0.2, 0.25) is 0 Å². The number of carboxylic acids is 1. The van der Waals surface area contributed by atoms with Crippen LogP contribution in [0.15, 0.2) is 25.3 Å². The van der Waals surface area contributed by atoms with Gasteiger partial charge in [-0.15, -0.1) is 6.58 Å². The summed E-state index contributed by atoms with van der Waals surface area (Å²) in [6.07, 6.45) is 0.786. The van der Waals surface area contributed by atoms with E-state index in [-0.39, 0.29) is 23.0 Å². The van der Waals surface area contributed by atoms with E-state index in [1.54, 1.807) is 0 Å². The molecule has 1 rings (SSSR count). The summed E-state index contributed by atoms with van der Waals surface area (Å²) < 4.78 is 14.5. The summed E-state index contributed by atoms with van der Waals surface area (Å²) in [7, 11) is 0. The van der Waals surface area contributed by atoms with E-state index in [9.17, 15) is 9.18 Å². The van der Waals surface area contributed by atoms with Gasteiger partial charge < -0.3 is 5.11 Å². The van der Waals surface area contributed by atoms with Gasteiger partial charge in [0.15, 0.2) is 6.17 Å². The molecule has 0 saturated heterocycles. The zero-order chi connectivity index (χ0) is 12.3. The second-order valence-electron chi connectivity index (χ2n) is 2.96. The average molecular weight is 245 g/mol. The van der Waals surface area contributed by atoms with Crippen molar-refractivity contribution in [1.29, 1.82) is 0 Å². The summed E-state index contributed by atoms with van der Waals surface area (Å²) in [6.45, 7) is 6.92. The Morgan fingerprint density at radius 2 is 2.31 bits per heavy atom. The van der Waals surface area contributed by atoms with Crippen molar-refractivity contribution in [3.8, 4) is 0 Å². The van der Waals surface area contributed by atoms with Crippen molar-refractivity contribution >= 4 is 17.6 Å². The van der Waals surface area contributed by atoms with Gasteiger partial charge in [-0.1, -0.05) is 30.3 Å². The number of aromatic carboxylic acids is 1. The molecule has 6 heteroatoms. The number of rotatable bonds is 5. The smallest absolute Gasteiger partial charge is 0.340 e. The Bertz CT molecular complexity index is 442. The lowest BCUT2D eigenvalue weighted by atomic mass is 10.2. The highest BCUT2D eigenvalue weighted by Crippen LogP contribution is 2.27. The van der Waals surface area contributed by atoms with E-state index in [0.717, 1.165) is 6.08 Å². The summed E-state index contributed by atoms with van der Waals surface area (Å²) >= 11 is 5.78. The van der Waals surface area contributed by atoms with Crippen LogP contribution in [0.4, 0.5) is 4.39 Å². The average Bonchev–Trinajstić information content (AvgIpc) is 2.56. The highest BCUT2D eigenvalue weighted by molar-refractivity contribution is 6.32. The van der Waals surface area contributed by atoms with E-state index in [4.69, 9.17) is 16.7 Å². The number of nitrogens with zero attached hydrogens (tertiary/aromatic N) is 2. The zero-order valence-corrected chi connectivity index (χ0v) is 9.12. The quantitative estimate of drug-likeness (QED) is 0.810. The lowest BCUT2D eigenvalue weighted by molar-refractivity contribution is 0.0694. The molecule has 1 unspecified atom stereocenters. The third-order valence-electron chi connectivity index (χ3n) is 1.90. The molecule has 0 amide bonds. The zero-order valence-electron chi connectivity index (χ0n) is 8.36. The van der Waals surface area contributed by atoms with Crippen molar-refractivity contribution in [2.24, 2.45) is 0 Å². The van der Waals surface area contributed by atoms with Gasteiger partial charge in [0.1, 0.15) is 16.4 Å². The number of halogens is 2. The van der Waals surface area contributed by atoms with Gasteiger partial charge in [-0.25, -0.2) is 13.9 Å². The van der Waals surface area contributed by atoms with E-state index >= 15 is 0 Å². The lowest BCUT2D eigenvalue weighted by Gasteiger charge is -1.98. The molecular formula is C10H10ClFN2O2. The summed E-state index contributed by atoms with van der Waals surface area (Å²) in [5.74, 6) is -1.32. The monoisotopic (exact) mass is 244 g/mol. The van der Waals surface area contributed by atoms with Gasteiger partial charge in [-0.05, 0) is 0 Å². The van der Waals surface area contributed by atoms with Gasteiger partial charge in [-0.2, -0.15) is 5.10 Å². The molecule has 1 aromatic rings. The molecule has 0 bridgehead atoms. The minimum atomic E-state index is -1.66. The first-order chi connectivity index (χ1) is 7.52. The Labute approximate surface area is 96.6 Å². The normalized spacial score (nSPS) is 12.1. The predicted molar refractivity (Wildman–Crippen MR) is 58.4 cm³/mol.